The average Bonchev–Trinajstić information content (AvgIpc) is 3.21. The summed E-state index contributed by atoms with van der Waals surface area (Å²) in [5.41, 5.74) is 2.82. The molecule has 1 aliphatic rings. The Morgan fingerprint density at radius 1 is 1.30 bits per heavy atom. The third-order valence-electron chi connectivity index (χ3n) is 4.75. The first-order valence-corrected chi connectivity index (χ1v) is 9.54. The van der Waals surface area contributed by atoms with Crippen molar-refractivity contribution in [3.8, 4) is 0 Å². The number of benzene rings is 2. The quantitative estimate of drug-likeness (QED) is 0.555. The van der Waals surface area contributed by atoms with Gasteiger partial charge in [0.05, 0.1) is 35.7 Å². The average molecular weight is 408 g/mol. The number of hydrogen-bond acceptors (Lipinski definition) is 5. The van der Waals surface area contributed by atoms with E-state index >= 15 is 0 Å². The summed E-state index contributed by atoms with van der Waals surface area (Å²) < 4.78 is 18.6. The number of aliphatic hydroxyl groups is 1. The van der Waals surface area contributed by atoms with Crippen LogP contribution in [0.4, 0.5) is 10.1 Å². The Morgan fingerprint density at radius 2 is 2.03 bits per heavy atom. The first-order valence-electron chi connectivity index (χ1n) is 9.54. The van der Waals surface area contributed by atoms with Crippen LogP contribution in [0.3, 0.4) is 0 Å². The topological polar surface area (TPSA) is 102 Å². The number of nitrogens with one attached hydrogen (secondary N) is 2. The molecule has 0 spiro atoms. The molecule has 30 heavy (non-hydrogen) atoms. The van der Waals surface area contributed by atoms with Gasteiger partial charge in [-0.15, -0.1) is 0 Å². The number of hydrogen-bond donors (Lipinski definition) is 3. The number of aromatic nitrogens is 2. The molecule has 0 atom stereocenters. The van der Waals surface area contributed by atoms with Gasteiger partial charge in [0.1, 0.15) is 23.2 Å². The minimum absolute atomic E-state index is 0.00381. The number of aromatic amines is 1. The van der Waals surface area contributed by atoms with E-state index in [-0.39, 0.29) is 42.2 Å². The maximum absolute atomic E-state index is 13.4. The summed E-state index contributed by atoms with van der Waals surface area (Å²) in [5, 5.41) is 19.0. The Bertz CT molecular complexity index is 1160. The summed E-state index contributed by atoms with van der Waals surface area (Å²) in [6.45, 7) is 3.72. The molecular formula is C22H21FN4O3. The molecule has 0 unspecified atom stereocenters. The predicted molar refractivity (Wildman–Crippen MR) is 112 cm³/mol. The van der Waals surface area contributed by atoms with E-state index in [1.54, 1.807) is 49.1 Å². The molecular weight excluding hydrogens is 387 g/mol. The molecule has 1 aromatic heterocycles. The molecule has 1 aliphatic heterocycles. The standard InChI is InChI=1S/C22H21FN4O3/c1-12(2)30-19(29)9-13-3-6-15(7-4-13)27-11-18(28)20(21(27)24)22-25-16-8-5-14(23)10-17(16)26-22/h3-8,10,12,24,28H,9,11H2,1-2H3,(H,25,26). The molecule has 0 fully saturated rings. The predicted octanol–water partition coefficient (Wildman–Crippen LogP) is 3.96. The number of anilines is 1. The summed E-state index contributed by atoms with van der Waals surface area (Å²) in [4.78, 5) is 20.8. The summed E-state index contributed by atoms with van der Waals surface area (Å²) in [7, 11) is 0. The lowest BCUT2D eigenvalue weighted by atomic mass is 10.1. The highest BCUT2D eigenvalue weighted by molar-refractivity contribution is 6.30. The molecule has 0 bridgehead atoms. The molecule has 0 aliphatic carbocycles. The molecule has 2 aromatic carbocycles. The zero-order valence-corrected chi connectivity index (χ0v) is 16.6. The van der Waals surface area contributed by atoms with Crippen molar-refractivity contribution in [1.82, 2.24) is 9.97 Å². The highest BCUT2D eigenvalue weighted by Crippen LogP contribution is 2.31. The molecule has 8 heteroatoms. The fraction of sp³-hybridized carbons (Fsp3) is 0.227. The molecule has 4 rings (SSSR count). The molecule has 7 nitrogen and oxygen atoms in total. The van der Waals surface area contributed by atoms with Crippen molar-refractivity contribution in [2.24, 2.45) is 0 Å². The van der Waals surface area contributed by atoms with Crippen molar-refractivity contribution in [2.45, 2.75) is 26.4 Å². The first-order chi connectivity index (χ1) is 14.3. The Labute approximate surface area is 172 Å². The van der Waals surface area contributed by atoms with E-state index in [1.807, 2.05) is 0 Å². The van der Waals surface area contributed by atoms with Crippen LogP contribution in [0.15, 0.2) is 48.2 Å². The van der Waals surface area contributed by atoms with E-state index in [0.29, 0.717) is 22.5 Å². The zero-order chi connectivity index (χ0) is 21.4. The summed E-state index contributed by atoms with van der Waals surface area (Å²) >= 11 is 0. The van der Waals surface area contributed by atoms with E-state index in [2.05, 4.69) is 9.97 Å². The van der Waals surface area contributed by atoms with Crippen LogP contribution in [0.2, 0.25) is 0 Å². The second kappa shape index (κ2) is 7.62. The highest BCUT2D eigenvalue weighted by atomic mass is 19.1. The number of aliphatic hydroxyl groups excluding tert-OH is 1. The third-order valence-corrected chi connectivity index (χ3v) is 4.75. The van der Waals surface area contributed by atoms with Gasteiger partial charge in [0, 0.05) is 5.69 Å². The molecule has 154 valence electrons. The van der Waals surface area contributed by atoms with Gasteiger partial charge >= 0.3 is 5.97 Å². The second-order valence-electron chi connectivity index (χ2n) is 7.39. The third kappa shape index (κ3) is 3.76. The van der Waals surface area contributed by atoms with E-state index in [4.69, 9.17) is 10.1 Å². The number of fused-ring (bicyclic) bond motifs is 1. The Morgan fingerprint density at radius 3 is 2.73 bits per heavy atom. The monoisotopic (exact) mass is 408 g/mol. The van der Waals surface area contributed by atoms with Crippen molar-refractivity contribution >= 4 is 34.1 Å². The van der Waals surface area contributed by atoms with Gasteiger partial charge in [-0.25, -0.2) is 9.37 Å². The highest BCUT2D eigenvalue weighted by Gasteiger charge is 2.31. The van der Waals surface area contributed by atoms with Gasteiger partial charge in [-0.05, 0) is 49.7 Å². The van der Waals surface area contributed by atoms with Gasteiger partial charge in [-0.2, -0.15) is 0 Å². The largest absolute Gasteiger partial charge is 0.509 e. The van der Waals surface area contributed by atoms with Crippen LogP contribution in [0.25, 0.3) is 16.6 Å². The van der Waals surface area contributed by atoms with Crippen LogP contribution in [-0.4, -0.2) is 39.5 Å². The lowest BCUT2D eigenvalue weighted by Crippen LogP contribution is -2.26. The molecule has 0 amide bonds. The number of H-pyrrole nitrogens is 1. The van der Waals surface area contributed by atoms with E-state index in [9.17, 15) is 14.3 Å². The Balaban J connectivity index is 1.53. The van der Waals surface area contributed by atoms with Crippen LogP contribution < -0.4 is 4.90 Å². The van der Waals surface area contributed by atoms with Crippen LogP contribution in [0, 0.1) is 11.2 Å². The maximum atomic E-state index is 13.4. The normalized spacial score (nSPS) is 14.3. The molecule has 0 saturated heterocycles. The number of esters is 1. The van der Waals surface area contributed by atoms with Crippen LogP contribution in [0.5, 0.6) is 0 Å². The number of carbonyl (C=O) groups is 1. The number of rotatable bonds is 5. The van der Waals surface area contributed by atoms with Gasteiger partial charge in [0.25, 0.3) is 0 Å². The van der Waals surface area contributed by atoms with Crippen molar-refractivity contribution < 1.29 is 19.0 Å². The molecule has 2 heterocycles. The SMILES string of the molecule is CC(C)OC(=O)Cc1ccc(N2CC(O)=C(c3nc4ccc(F)cc4[nH]3)C2=N)cc1. The molecule has 0 saturated carbocycles. The Hall–Kier alpha value is -3.68. The molecule has 3 N–H and O–H groups in total. The number of ether oxygens (including phenoxy) is 1. The number of halogens is 1. The fourth-order valence-corrected chi connectivity index (χ4v) is 3.41. The van der Waals surface area contributed by atoms with Crippen molar-refractivity contribution in [3.05, 3.63) is 65.4 Å². The van der Waals surface area contributed by atoms with Gasteiger partial charge < -0.3 is 19.7 Å². The Kier molecular flexibility index (Phi) is 4.99. The van der Waals surface area contributed by atoms with Crippen LogP contribution >= 0.6 is 0 Å². The van der Waals surface area contributed by atoms with Crippen molar-refractivity contribution in [1.29, 1.82) is 5.41 Å². The van der Waals surface area contributed by atoms with Gasteiger partial charge in [0.15, 0.2) is 0 Å². The summed E-state index contributed by atoms with van der Waals surface area (Å²) in [5.74, 6) is -0.289. The van der Waals surface area contributed by atoms with Crippen LogP contribution in [-0.2, 0) is 16.0 Å². The van der Waals surface area contributed by atoms with Gasteiger partial charge in [-0.1, -0.05) is 12.1 Å². The maximum Gasteiger partial charge on any atom is 0.310 e. The minimum Gasteiger partial charge on any atom is -0.509 e. The number of amidine groups is 1. The second-order valence-corrected chi connectivity index (χ2v) is 7.39. The number of imidazole rings is 1. The lowest BCUT2D eigenvalue weighted by Gasteiger charge is -2.19. The molecule has 3 aromatic rings. The van der Waals surface area contributed by atoms with E-state index in [0.717, 1.165) is 5.56 Å². The number of carbonyl (C=O) groups excluding carboxylic acids is 1. The fourth-order valence-electron chi connectivity index (χ4n) is 3.41. The summed E-state index contributed by atoms with van der Waals surface area (Å²) in [6.07, 6.45) is 0.00396. The first kappa shape index (κ1) is 19.6. The van der Waals surface area contributed by atoms with E-state index < -0.39 is 5.82 Å². The zero-order valence-electron chi connectivity index (χ0n) is 16.6. The number of nitrogens with zero attached hydrogens (tertiary/aromatic N) is 2. The van der Waals surface area contributed by atoms with E-state index in [1.165, 1.54) is 12.1 Å². The van der Waals surface area contributed by atoms with Gasteiger partial charge in [0.2, 0.25) is 0 Å². The van der Waals surface area contributed by atoms with Gasteiger partial charge in [-0.3, -0.25) is 10.2 Å². The molecule has 0 radical (unpaired) electrons. The minimum atomic E-state index is -0.392. The lowest BCUT2D eigenvalue weighted by molar-refractivity contribution is -0.146. The summed E-state index contributed by atoms with van der Waals surface area (Å²) in [6, 6.07) is 11.3. The van der Waals surface area contributed by atoms with Crippen molar-refractivity contribution in [3.63, 3.8) is 0 Å². The van der Waals surface area contributed by atoms with Crippen molar-refractivity contribution in [2.75, 3.05) is 11.4 Å². The smallest absolute Gasteiger partial charge is 0.310 e. The van der Waals surface area contributed by atoms with Crippen LogP contribution in [0.1, 0.15) is 25.2 Å².